The Hall–Kier alpha value is -3.71. The van der Waals surface area contributed by atoms with Crippen molar-refractivity contribution in [2.75, 3.05) is 29.0 Å². The number of nitrogens with zero attached hydrogens (tertiary/aromatic N) is 3. The number of halogens is 1. The fraction of sp³-hybridized carbons (Fsp3) is 0.231. The van der Waals surface area contributed by atoms with Gasteiger partial charge in [0.1, 0.15) is 11.7 Å². The van der Waals surface area contributed by atoms with Crippen LogP contribution in [0.15, 0.2) is 72.8 Å². The van der Waals surface area contributed by atoms with Gasteiger partial charge < -0.3 is 4.90 Å². The number of para-hydroxylation sites is 1. The van der Waals surface area contributed by atoms with Crippen LogP contribution < -0.4 is 14.9 Å². The standard InChI is InChI=1S/C26H24FN3O3/c1-16-6-4-5-7-21(16)30-23(17-8-12-19(13-9-17)28(2)3)22-24(33-30)26(32)29(25(22)31)20-14-10-18(27)11-15-20/h4-15,22-24H,1-3H3/t22-,23-,24+/m1/s1. The molecule has 0 aliphatic carbocycles. The second-order valence-corrected chi connectivity index (χ2v) is 8.58. The molecule has 3 aromatic rings. The van der Waals surface area contributed by atoms with E-state index in [9.17, 15) is 14.0 Å². The molecule has 2 saturated heterocycles. The molecular formula is C26H24FN3O3. The number of hydrogen-bond donors (Lipinski definition) is 0. The monoisotopic (exact) mass is 445 g/mol. The van der Waals surface area contributed by atoms with E-state index in [2.05, 4.69) is 0 Å². The van der Waals surface area contributed by atoms with Gasteiger partial charge in [-0.3, -0.25) is 14.4 Å². The van der Waals surface area contributed by atoms with Crippen LogP contribution in [0.2, 0.25) is 0 Å². The minimum Gasteiger partial charge on any atom is -0.378 e. The maximum absolute atomic E-state index is 13.6. The Morgan fingerprint density at radius 1 is 0.879 bits per heavy atom. The van der Waals surface area contributed by atoms with Gasteiger partial charge in [0.25, 0.3) is 5.91 Å². The van der Waals surface area contributed by atoms with E-state index in [1.807, 2.05) is 74.4 Å². The van der Waals surface area contributed by atoms with E-state index < -0.39 is 29.8 Å². The zero-order chi connectivity index (χ0) is 23.3. The Kier molecular flexibility index (Phi) is 5.13. The summed E-state index contributed by atoms with van der Waals surface area (Å²) in [5.41, 5.74) is 4.02. The summed E-state index contributed by atoms with van der Waals surface area (Å²) in [6.45, 7) is 1.97. The molecule has 0 N–H and O–H groups in total. The highest BCUT2D eigenvalue weighted by molar-refractivity contribution is 6.23. The molecule has 0 saturated carbocycles. The average Bonchev–Trinajstić information content (AvgIpc) is 3.31. The van der Waals surface area contributed by atoms with Crippen molar-refractivity contribution >= 4 is 28.9 Å². The minimum atomic E-state index is -0.958. The van der Waals surface area contributed by atoms with Crippen LogP contribution in [-0.2, 0) is 14.4 Å². The van der Waals surface area contributed by atoms with Crippen LogP contribution >= 0.6 is 0 Å². The number of aryl methyl sites for hydroxylation is 1. The lowest BCUT2D eigenvalue weighted by atomic mass is 9.90. The number of hydroxylamine groups is 1. The van der Waals surface area contributed by atoms with Crippen molar-refractivity contribution in [3.8, 4) is 0 Å². The van der Waals surface area contributed by atoms with Crippen LogP contribution in [0, 0.1) is 18.7 Å². The molecule has 33 heavy (non-hydrogen) atoms. The quantitative estimate of drug-likeness (QED) is 0.562. The third-order valence-corrected chi connectivity index (χ3v) is 6.30. The van der Waals surface area contributed by atoms with Crippen molar-refractivity contribution in [3.63, 3.8) is 0 Å². The maximum atomic E-state index is 13.6. The second kappa shape index (κ2) is 8.01. The van der Waals surface area contributed by atoms with Gasteiger partial charge in [-0.25, -0.2) is 14.4 Å². The highest BCUT2D eigenvalue weighted by Gasteiger charge is 2.60. The predicted molar refractivity (Wildman–Crippen MR) is 124 cm³/mol. The molecule has 7 heteroatoms. The number of amides is 2. The Balaban J connectivity index is 1.58. The van der Waals surface area contributed by atoms with Crippen LogP contribution in [0.1, 0.15) is 17.2 Å². The summed E-state index contributed by atoms with van der Waals surface area (Å²) in [4.78, 5) is 36.2. The third-order valence-electron chi connectivity index (χ3n) is 6.30. The fourth-order valence-electron chi connectivity index (χ4n) is 4.59. The summed E-state index contributed by atoms with van der Waals surface area (Å²) in [5, 5.41) is 1.70. The molecular weight excluding hydrogens is 421 g/mol. The largest absolute Gasteiger partial charge is 0.378 e. The summed E-state index contributed by atoms with van der Waals surface area (Å²) in [6, 6.07) is 20.5. The Morgan fingerprint density at radius 2 is 1.55 bits per heavy atom. The maximum Gasteiger partial charge on any atom is 0.266 e. The molecule has 5 rings (SSSR count). The van der Waals surface area contributed by atoms with Gasteiger partial charge in [-0.2, -0.15) is 0 Å². The normalized spacial score (nSPS) is 22.1. The summed E-state index contributed by atoms with van der Waals surface area (Å²) in [5.74, 6) is -1.96. The highest BCUT2D eigenvalue weighted by atomic mass is 19.1. The second-order valence-electron chi connectivity index (χ2n) is 8.58. The zero-order valence-corrected chi connectivity index (χ0v) is 18.6. The number of carbonyl (C=O) groups excluding carboxylic acids is 2. The summed E-state index contributed by atoms with van der Waals surface area (Å²) < 4.78 is 13.4. The molecule has 2 amide bonds. The Morgan fingerprint density at radius 3 is 2.18 bits per heavy atom. The van der Waals surface area contributed by atoms with Gasteiger partial charge in [-0.15, -0.1) is 0 Å². The predicted octanol–water partition coefficient (Wildman–Crippen LogP) is 4.25. The highest BCUT2D eigenvalue weighted by Crippen LogP contribution is 2.48. The van der Waals surface area contributed by atoms with Crippen LogP contribution in [0.5, 0.6) is 0 Å². The first-order valence-electron chi connectivity index (χ1n) is 10.8. The number of hydrogen-bond acceptors (Lipinski definition) is 5. The molecule has 2 aliphatic rings. The first-order chi connectivity index (χ1) is 15.9. The lowest BCUT2D eigenvalue weighted by Gasteiger charge is -2.30. The van der Waals surface area contributed by atoms with Crippen molar-refractivity contribution in [2.24, 2.45) is 5.92 Å². The lowest BCUT2D eigenvalue weighted by molar-refractivity contribution is -0.126. The number of anilines is 3. The topological polar surface area (TPSA) is 53.1 Å². The van der Waals surface area contributed by atoms with Crippen molar-refractivity contribution in [1.82, 2.24) is 0 Å². The molecule has 0 radical (unpaired) electrons. The molecule has 3 aromatic carbocycles. The Bertz CT molecular complexity index is 1210. The lowest BCUT2D eigenvalue weighted by Crippen LogP contribution is -2.37. The molecule has 0 aromatic heterocycles. The zero-order valence-electron chi connectivity index (χ0n) is 18.6. The summed E-state index contributed by atoms with van der Waals surface area (Å²) >= 11 is 0. The van der Waals surface area contributed by atoms with Gasteiger partial charge >= 0.3 is 0 Å². The van der Waals surface area contributed by atoms with Crippen molar-refractivity contribution in [1.29, 1.82) is 0 Å². The average molecular weight is 445 g/mol. The van der Waals surface area contributed by atoms with Gasteiger partial charge in [0.15, 0.2) is 6.10 Å². The molecule has 0 spiro atoms. The number of fused-ring (bicyclic) bond motifs is 1. The van der Waals surface area contributed by atoms with E-state index in [-0.39, 0.29) is 5.91 Å². The van der Waals surface area contributed by atoms with Gasteiger partial charge in [0, 0.05) is 19.8 Å². The summed E-state index contributed by atoms with van der Waals surface area (Å²) in [6.07, 6.45) is -0.958. The van der Waals surface area contributed by atoms with E-state index in [0.29, 0.717) is 5.69 Å². The smallest absolute Gasteiger partial charge is 0.266 e. The van der Waals surface area contributed by atoms with Gasteiger partial charge in [-0.1, -0.05) is 30.3 Å². The van der Waals surface area contributed by atoms with E-state index in [0.717, 1.165) is 27.4 Å². The van der Waals surface area contributed by atoms with Crippen LogP contribution in [-0.4, -0.2) is 32.0 Å². The Labute approximate surface area is 191 Å². The van der Waals surface area contributed by atoms with Gasteiger partial charge in [-0.05, 0) is 60.5 Å². The molecule has 2 fully saturated rings. The summed E-state index contributed by atoms with van der Waals surface area (Å²) in [7, 11) is 3.92. The van der Waals surface area contributed by atoms with E-state index in [4.69, 9.17) is 4.84 Å². The van der Waals surface area contributed by atoms with Gasteiger partial charge in [0.05, 0.1) is 17.4 Å². The minimum absolute atomic E-state index is 0.341. The molecule has 2 aliphatic heterocycles. The molecule has 2 heterocycles. The molecule has 3 atom stereocenters. The number of imide groups is 1. The SMILES string of the molecule is Cc1ccccc1N1O[C@@H]2C(=O)N(c3ccc(F)cc3)C(=O)[C@@H]2[C@H]1c1ccc(N(C)C)cc1. The van der Waals surface area contributed by atoms with Crippen LogP contribution in [0.4, 0.5) is 21.5 Å². The van der Waals surface area contributed by atoms with E-state index in [1.54, 1.807) is 5.06 Å². The van der Waals surface area contributed by atoms with E-state index in [1.165, 1.54) is 24.3 Å². The molecule has 6 nitrogen and oxygen atoms in total. The number of benzene rings is 3. The van der Waals surface area contributed by atoms with Crippen LogP contribution in [0.25, 0.3) is 0 Å². The first-order valence-corrected chi connectivity index (χ1v) is 10.8. The molecule has 0 bridgehead atoms. The number of carbonyl (C=O) groups is 2. The van der Waals surface area contributed by atoms with Gasteiger partial charge in [0.2, 0.25) is 5.91 Å². The van der Waals surface area contributed by atoms with Crippen molar-refractivity contribution in [2.45, 2.75) is 19.1 Å². The van der Waals surface area contributed by atoms with Crippen molar-refractivity contribution in [3.05, 3.63) is 89.7 Å². The first kappa shape index (κ1) is 21.2. The fourth-order valence-corrected chi connectivity index (χ4v) is 4.59. The van der Waals surface area contributed by atoms with E-state index >= 15 is 0 Å². The van der Waals surface area contributed by atoms with Crippen molar-refractivity contribution < 1.29 is 18.8 Å². The number of rotatable bonds is 4. The molecule has 0 unspecified atom stereocenters. The van der Waals surface area contributed by atoms with Crippen LogP contribution in [0.3, 0.4) is 0 Å². The molecule has 168 valence electrons. The third kappa shape index (κ3) is 3.45.